The van der Waals surface area contributed by atoms with Crippen LogP contribution >= 0.6 is 0 Å². The highest BCUT2D eigenvalue weighted by atomic mass is 16.5. The third kappa shape index (κ3) is 27.9. The van der Waals surface area contributed by atoms with E-state index in [1.807, 2.05) is 14.1 Å². The minimum Gasteiger partial charge on any atom is -0.466 e. The minimum atomic E-state index is -0.0734. The van der Waals surface area contributed by atoms with E-state index in [1.165, 1.54) is 83.5 Å². The summed E-state index contributed by atoms with van der Waals surface area (Å²) in [7, 11) is 4.06. The van der Waals surface area contributed by atoms with Gasteiger partial charge in [0, 0.05) is 19.3 Å². The molecule has 2 unspecified atom stereocenters. The molecule has 1 aliphatic carbocycles. The summed E-state index contributed by atoms with van der Waals surface area (Å²) >= 11 is 0. The van der Waals surface area contributed by atoms with Gasteiger partial charge in [0.05, 0.1) is 6.61 Å². The second-order valence-corrected chi connectivity index (χ2v) is 16.3. The molecule has 2 atom stereocenters. The van der Waals surface area contributed by atoms with Gasteiger partial charge in [0.2, 0.25) is 0 Å². The van der Waals surface area contributed by atoms with Gasteiger partial charge in [-0.05, 0) is 103 Å². The highest BCUT2D eigenvalue weighted by Crippen LogP contribution is 2.30. The van der Waals surface area contributed by atoms with Crippen LogP contribution < -0.4 is 0 Å². The number of carbonyl (C=O) groups is 3. The molecule has 0 radical (unpaired) electrons. The SMILES string of the molecule is CCCCCC(CCCCC)CCOC(=O)CCCCCCCC(CCCCCCCC(=O)OC(CC)C1CCCCC1)OC(=O)CCCN(C)C. The number of ether oxygens (including phenoxy) is 3. The predicted octanol–water partition coefficient (Wildman–Crippen LogP) is 12.3. The largest absolute Gasteiger partial charge is 0.466 e. The lowest BCUT2D eigenvalue weighted by Gasteiger charge is -2.29. The van der Waals surface area contributed by atoms with E-state index in [2.05, 4.69) is 25.7 Å². The van der Waals surface area contributed by atoms with E-state index in [0.717, 1.165) is 103 Å². The molecule has 7 nitrogen and oxygen atoms in total. The molecule has 0 N–H and O–H groups in total. The molecule has 306 valence electrons. The average Bonchev–Trinajstić information content (AvgIpc) is 3.13. The van der Waals surface area contributed by atoms with Crippen LogP contribution in [0.5, 0.6) is 0 Å². The second-order valence-electron chi connectivity index (χ2n) is 16.3. The monoisotopic (exact) mass is 736 g/mol. The summed E-state index contributed by atoms with van der Waals surface area (Å²) in [6.07, 6.45) is 33.0. The Kier molecular flexibility index (Phi) is 31.5. The molecule has 0 saturated heterocycles. The van der Waals surface area contributed by atoms with Crippen LogP contribution in [0.3, 0.4) is 0 Å². The molecule has 0 spiro atoms. The van der Waals surface area contributed by atoms with E-state index in [1.54, 1.807) is 0 Å². The maximum atomic E-state index is 12.6. The van der Waals surface area contributed by atoms with Crippen molar-refractivity contribution in [1.82, 2.24) is 4.90 Å². The maximum absolute atomic E-state index is 12.6. The van der Waals surface area contributed by atoms with Crippen LogP contribution in [0.2, 0.25) is 0 Å². The molecule has 1 saturated carbocycles. The lowest BCUT2D eigenvalue weighted by atomic mass is 9.84. The van der Waals surface area contributed by atoms with E-state index < -0.39 is 0 Å². The molecule has 1 fully saturated rings. The summed E-state index contributed by atoms with van der Waals surface area (Å²) < 4.78 is 17.5. The van der Waals surface area contributed by atoms with Gasteiger partial charge in [-0.15, -0.1) is 0 Å². The number of hydrogen-bond acceptors (Lipinski definition) is 7. The quantitative estimate of drug-likeness (QED) is 0.0364. The fraction of sp³-hybridized carbons (Fsp3) is 0.933. The average molecular weight is 736 g/mol. The van der Waals surface area contributed by atoms with Gasteiger partial charge in [-0.1, -0.05) is 130 Å². The van der Waals surface area contributed by atoms with Crippen molar-refractivity contribution in [3.63, 3.8) is 0 Å². The first kappa shape index (κ1) is 48.4. The van der Waals surface area contributed by atoms with E-state index in [9.17, 15) is 14.4 Å². The third-order valence-corrected chi connectivity index (χ3v) is 11.2. The van der Waals surface area contributed by atoms with Crippen LogP contribution in [0.4, 0.5) is 0 Å². The zero-order valence-corrected chi connectivity index (χ0v) is 35.0. The van der Waals surface area contributed by atoms with E-state index in [0.29, 0.717) is 37.7 Å². The van der Waals surface area contributed by atoms with Gasteiger partial charge in [0.15, 0.2) is 0 Å². The van der Waals surface area contributed by atoms with Crippen LogP contribution in [0.25, 0.3) is 0 Å². The van der Waals surface area contributed by atoms with Crippen LogP contribution in [0.1, 0.15) is 220 Å². The minimum absolute atomic E-state index is 0.0182. The van der Waals surface area contributed by atoms with Crippen molar-refractivity contribution in [2.45, 2.75) is 232 Å². The molecular weight excluding hydrogens is 650 g/mol. The number of rotatable bonds is 35. The Morgan fingerprint density at radius 3 is 1.62 bits per heavy atom. The van der Waals surface area contributed by atoms with Gasteiger partial charge in [0.25, 0.3) is 0 Å². The molecule has 1 aliphatic rings. The standard InChI is InChI=1S/C45H85NO6/c1-6-9-18-27-39(28-19-10-7-2)36-38-50-43(47)33-24-15-11-13-22-31-41(51-44(48)35-26-37-46(4)5)32-23-14-12-16-25-34-45(49)52-42(8-3)40-29-20-17-21-30-40/h39-42H,6-38H2,1-5H3. The summed E-state index contributed by atoms with van der Waals surface area (Å²) in [6.45, 7) is 8.11. The number of esters is 3. The van der Waals surface area contributed by atoms with Gasteiger partial charge >= 0.3 is 17.9 Å². The number of hydrogen-bond donors (Lipinski definition) is 0. The lowest BCUT2D eigenvalue weighted by Crippen LogP contribution is -2.28. The molecule has 0 heterocycles. The van der Waals surface area contributed by atoms with Crippen LogP contribution in [-0.4, -0.2) is 62.3 Å². The molecule has 0 aliphatic heterocycles. The van der Waals surface area contributed by atoms with Crippen LogP contribution in [0.15, 0.2) is 0 Å². The molecule has 0 aromatic carbocycles. The molecule has 0 amide bonds. The highest BCUT2D eigenvalue weighted by Gasteiger charge is 2.25. The first-order valence-corrected chi connectivity index (χ1v) is 22.5. The van der Waals surface area contributed by atoms with Crippen molar-refractivity contribution in [1.29, 1.82) is 0 Å². The molecular formula is C45H85NO6. The Hall–Kier alpha value is -1.63. The van der Waals surface area contributed by atoms with E-state index in [4.69, 9.17) is 14.2 Å². The topological polar surface area (TPSA) is 82.1 Å². The van der Waals surface area contributed by atoms with Gasteiger partial charge < -0.3 is 19.1 Å². The Morgan fingerprint density at radius 1 is 0.558 bits per heavy atom. The number of unbranched alkanes of at least 4 members (excludes halogenated alkanes) is 12. The smallest absolute Gasteiger partial charge is 0.306 e. The molecule has 52 heavy (non-hydrogen) atoms. The molecule has 0 bridgehead atoms. The van der Waals surface area contributed by atoms with Crippen molar-refractivity contribution in [3.05, 3.63) is 0 Å². The van der Waals surface area contributed by atoms with Crippen LogP contribution in [-0.2, 0) is 28.6 Å². The summed E-state index contributed by atoms with van der Waals surface area (Å²) in [5, 5.41) is 0. The van der Waals surface area contributed by atoms with Gasteiger partial charge in [-0.25, -0.2) is 0 Å². The Morgan fingerprint density at radius 2 is 1.06 bits per heavy atom. The molecule has 1 rings (SSSR count). The van der Waals surface area contributed by atoms with Crippen molar-refractivity contribution in [2.24, 2.45) is 11.8 Å². The zero-order chi connectivity index (χ0) is 38.1. The second kappa shape index (κ2) is 33.9. The number of nitrogens with zero attached hydrogens (tertiary/aromatic N) is 1. The van der Waals surface area contributed by atoms with E-state index in [-0.39, 0.29) is 30.1 Å². The highest BCUT2D eigenvalue weighted by molar-refractivity contribution is 5.70. The molecule has 0 aromatic rings. The summed E-state index contributed by atoms with van der Waals surface area (Å²) in [6, 6.07) is 0. The normalized spacial score (nSPS) is 14.8. The molecule has 7 heteroatoms. The Bertz CT molecular complexity index is 847. The first-order valence-electron chi connectivity index (χ1n) is 22.5. The van der Waals surface area contributed by atoms with Crippen molar-refractivity contribution < 1.29 is 28.6 Å². The third-order valence-electron chi connectivity index (χ3n) is 11.2. The fourth-order valence-corrected chi connectivity index (χ4v) is 7.85. The predicted molar refractivity (Wildman–Crippen MR) is 216 cm³/mol. The Labute approximate surface area is 321 Å². The van der Waals surface area contributed by atoms with E-state index >= 15 is 0 Å². The fourth-order valence-electron chi connectivity index (χ4n) is 7.85. The maximum Gasteiger partial charge on any atom is 0.306 e. The van der Waals surface area contributed by atoms with Crippen molar-refractivity contribution >= 4 is 17.9 Å². The van der Waals surface area contributed by atoms with Gasteiger partial charge in [0.1, 0.15) is 12.2 Å². The zero-order valence-electron chi connectivity index (χ0n) is 35.0. The lowest BCUT2D eigenvalue weighted by molar-refractivity contribution is -0.153. The van der Waals surface area contributed by atoms with Gasteiger partial charge in [-0.2, -0.15) is 0 Å². The number of carbonyl (C=O) groups excluding carboxylic acids is 3. The summed E-state index contributed by atoms with van der Waals surface area (Å²) in [5.74, 6) is 1.12. The van der Waals surface area contributed by atoms with Crippen molar-refractivity contribution in [2.75, 3.05) is 27.2 Å². The molecule has 0 aromatic heterocycles. The summed E-state index contributed by atoms with van der Waals surface area (Å²) in [4.78, 5) is 39.6. The summed E-state index contributed by atoms with van der Waals surface area (Å²) in [5.41, 5.74) is 0. The van der Waals surface area contributed by atoms with Crippen LogP contribution in [0, 0.1) is 11.8 Å². The Balaban J connectivity index is 2.27. The van der Waals surface area contributed by atoms with Crippen molar-refractivity contribution in [3.8, 4) is 0 Å². The first-order chi connectivity index (χ1) is 25.3. The van der Waals surface area contributed by atoms with Gasteiger partial charge in [-0.3, -0.25) is 14.4 Å².